The van der Waals surface area contributed by atoms with Crippen LogP contribution in [0.2, 0.25) is 0 Å². The van der Waals surface area contributed by atoms with Crippen molar-refractivity contribution in [2.45, 2.75) is 74.3 Å². The summed E-state index contributed by atoms with van der Waals surface area (Å²) < 4.78 is 49.6. The summed E-state index contributed by atoms with van der Waals surface area (Å²) in [6.07, 6.45) is 11.6. The molecule has 1 aromatic heterocycles. The number of ether oxygens (including phenoxy) is 1. The summed E-state index contributed by atoms with van der Waals surface area (Å²) in [5.41, 5.74) is 6.00. The van der Waals surface area contributed by atoms with Crippen molar-refractivity contribution in [1.29, 1.82) is 0 Å². The minimum atomic E-state index is -4.02. The molecule has 8 heteroatoms. The second-order valence-corrected chi connectivity index (χ2v) is 13.5. The molecule has 6 rings (SSSR count). The molecule has 1 saturated heterocycles. The Morgan fingerprint density at radius 1 is 0.909 bits per heavy atom. The van der Waals surface area contributed by atoms with Gasteiger partial charge in [-0.2, -0.15) is 8.42 Å². The normalized spacial score (nSPS) is 19.3. The van der Waals surface area contributed by atoms with Crippen LogP contribution in [0.4, 0.5) is 4.39 Å². The zero-order valence-electron chi connectivity index (χ0n) is 25.2. The molecular formula is C36H41FN2O4S. The number of nitrogens with zero attached hydrogens (tertiary/aromatic N) is 1. The lowest BCUT2D eigenvalue weighted by molar-refractivity contribution is -0.103. The highest BCUT2D eigenvalue weighted by atomic mass is 32.2. The molecule has 1 aliphatic heterocycles. The maximum absolute atomic E-state index is 13.7. The van der Waals surface area contributed by atoms with E-state index in [-0.39, 0.29) is 21.7 Å². The molecule has 44 heavy (non-hydrogen) atoms. The van der Waals surface area contributed by atoms with Crippen LogP contribution in [0.25, 0.3) is 11.1 Å². The van der Waals surface area contributed by atoms with Gasteiger partial charge in [0, 0.05) is 31.0 Å². The SMILES string of the molecule is Cc1ccc(S(=O)(=O)O)cc1.Fc1ccc([C@]2(CCNCc3ccccc3-c3ccncc3)CCOC3(CCCC3)C2)cc1. The maximum Gasteiger partial charge on any atom is 0.294 e. The average molecular weight is 617 g/mol. The quantitative estimate of drug-likeness (QED) is 0.156. The number of hydrogen-bond acceptors (Lipinski definition) is 5. The van der Waals surface area contributed by atoms with Gasteiger partial charge in [0.2, 0.25) is 0 Å². The molecule has 2 heterocycles. The zero-order valence-corrected chi connectivity index (χ0v) is 26.0. The largest absolute Gasteiger partial charge is 0.375 e. The first-order chi connectivity index (χ1) is 21.2. The van der Waals surface area contributed by atoms with Crippen LogP contribution < -0.4 is 5.32 Å². The second kappa shape index (κ2) is 14.1. The van der Waals surface area contributed by atoms with E-state index in [9.17, 15) is 12.8 Å². The molecular weight excluding hydrogens is 575 g/mol. The fourth-order valence-electron chi connectivity index (χ4n) is 6.72. The average Bonchev–Trinajstić information content (AvgIpc) is 3.47. The third-order valence-electron chi connectivity index (χ3n) is 9.04. The van der Waals surface area contributed by atoms with E-state index in [1.807, 2.05) is 31.5 Å². The predicted octanol–water partition coefficient (Wildman–Crippen LogP) is 7.67. The first-order valence-electron chi connectivity index (χ1n) is 15.3. The molecule has 2 aliphatic rings. The van der Waals surface area contributed by atoms with Crippen LogP contribution >= 0.6 is 0 Å². The van der Waals surface area contributed by atoms with Crippen molar-refractivity contribution in [1.82, 2.24) is 10.3 Å². The van der Waals surface area contributed by atoms with Crippen molar-refractivity contribution in [3.05, 3.63) is 120 Å². The van der Waals surface area contributed by atoms with Gasteiger partial charge in [0.15, 0.2) is 0 Å². The number of halogens is 1. The Morgan fingerprint density at radius 3 is 2.27 bits per heavy atom. The molecule has 0 unspecified atom stereocenters. The Labute approximate surface area is 260 Å². The Hall–Kier alpha value is -3.43. The van der Waals surface area contributed by atoms with Crippen LogP contribution in [0.15, 0.2) is 102 Å². The number of aromatic nitrogens is 1. The summed E-state index contributed by atoms with van der Waals surface area (Å²) in [6, 6.07) is 25.9. The van der Waals surface area contributed by atoms with Gasteiger partial charge in [-0.05, 0) is 104 Å². The van der Waals surface area contributed by atoms with Gasteiger partial charge in [0.1, 0.15) is 5.82 Å². The molecule has 6 nitrogen and oxygen atoms in total. The van der Waals surface area contributed by atoms with Crippen LogP contribution in [-0.2, 0) is 26.8 Å². The molecule has 1 atom stereocenters. The Balaban J connectivity index is 0.000000296. The molecule has 0 radical (unpaired) electrons. The van der Waals surface area contributed by atoms with Gasteiger partial charge < -0.3 is 10.1 Å². The minimum Gasteiger partial charge on any atom is -0.375 e. The monoisotopic (exact) mass is 616 g/mol. The number of hydrogen-bond donors (Lipinski definition) is 2. The summed E-state index contributed by atoms with van der Waals surface area (Å²) in [5.74, 6) is -0.164. The number of nitrogens with one attached hydrogen (secondary N) is 1. The highest BCUT2D eigenvalue weighted by Crippen LogP contribution is 2.50. The number of aryl methyl sites for hydroxylation is 1. The van der Waals surface area contributed by atoms with Crippen LogP contribution in [0.3, 0.4) is 0 Å². The van der Waals surface area contributed by atoms with Gasteiger partial charge in [-0.25, -0.2) is 4.39 Å². The first-order valence-corrected chi connectivity index (χ1v) is 16.8. The minimum absolute atomic E-state index is 0.0145. The lowest BCUT2D eigenvalue weighted by Crippen LogP contribution is -2.47. The van der Waals surface area contributed by atoms with Gasteiger partial charge >= 0.3 is 0 Å². The van der Waals surface area contributed by atoms with E-state index in [1.165, 1.54) is 47.2 Å². The summed E-state index contributed by atoms with van der Waals surface area (Å²) >= 11 is 0. The summed E-state index contributed by atoms with van der Waals surface area (Å²) in [6.45, 7) is 4.37. The van der Waals surface area contributed by atoms with Crippen molar-refractivity contribution >= 4 is 10.1 Å². The maximum atomic E-state index is 13.7. The van der Waals surface area contributed by atoms with E-state index in [1.54, 1.807) is 24.3 Å². The third-order valence-corrected chi connectivity index (χ3v) is 9.91. The van der Waals surface area contributed by atoms with Crippen molar-refractivity contribution in [3.63, 3.8) is 0 Å². The van der Waals surface area contributed by atoms with E-state index in [2.05, 4.69) is 46.7 Å². The first kappa shape index (κ1) is 32.0. The molecule has 1 saturated carbocycles. The van der Waals surface area contributed by atoms with Gasteiger partial charge in [-0.3, -0.25) is 9.54 Å². The van der Waals surface area contributed by atoms with Crippen molar-refractivity contribution in [3.8, 4) is 11.1 Å². The topological polar surface area (TPSA) is 88.5 Å². The predicted molar refractivity (Wildman–Crippen MR) is 171 cm³/mol. The molecule has 232 valence electrons. The smallest absolute Gasteiger partial charge is 0.294 e. The van der Waals surface area contributed by atoms with E-state index < -0.39 is 10.1 Å². The van der Waals surface area contributed by atoms with E-state index in [0.29, 0.717) is 0 Å². The number of pyridine rings is 1. The van der Waals surface area contributed by atoms with Crippen LogP contribution in [0, 0.1) is 12.7 Å². The van der Waals surface area contributed by atoms with Gasteiger partial charge in [-0.15, -0.1) is 0 Å². The molecule has 1 spiro atoms. The van der Waals surface area contributed by atoms with Gasteiger partial charge in [0.05, 0.1) is 10.5 Å². The molecule has 0 bridgehead atoms. The van der Waals surface area contributed by atoms with Crippen molar-refractivity contribution in [2.75, 3.05) is 13.2 Å². The summed E-state index contributed by atoms with van der Waals surface area (Å²) in [4.78, 5) is 4.08. The fraction of sp³-hybridized carbons (Fsp3) is 0.361. The van der Waals surface area contributed by atoms with Crippen LogP contribution in [0.5, 0.6) is 0 Å². The standard InChI is InChI=1S/C29H33FN2O.C7H8O3S/c30-26-9-7-25(8-10-26)28(16-20-33-29(22-28)13-3-4-14-29)15-19-32-21-24-5-1-2-6-27(24)23-11-17-31-18-12-23;1-6-2-4-7(5-3-6)11(8,9)10/h1-2,5-12,17-18,32H,3-4,13-16,19-22H2;2-5H,1H3,(H,8,9,10)/t28-;/m1./s1. The lowest BCUT2D eigenvalue weighted by Gasteiger charge is -2.47. The Kier molecular flexibility index (Phi) is 10.3. The molecule has 2 N–H and O–H groups in total. The Bertz CT molecular complexity index is 1610. The molecule has 0 amide bonds. The van der Waals surface area contributed by atoms with Gasteiger partial charge in [-0.1, -0.05) is 66.9 Å². The Morgan fingerprint density at radius 2 is 1.59 bits per heavy atom. The second-order valence-electron chi connectivity index (χ2n) is 12.1. The van der Waals surface area contributed by atoms with Gasteiger partial charge in [0.25, 0.3) is 10.1 Å². The number of benzene rings is 3. The number of rotatable bonds is 8. The van der Waals surface area contributed by atoms with Crippen molar-refractivity contribution in [2.24, 2.45) is 0 Å². The zero-order chi connectivity index (χ0) is 31.0. The molecule has 4 aromatic rings. The molecule has 3 aromatic carbocycles. The third kappa shape index (κ3) is 7.99. The van der Waals surface area contributed by atoms with Crippen LogP contribution in [-0.4, -0.2) is 36.7 Å². The summed E-state index contributed by atoms with van der Waals surface area (Å²) in [5, 5.41) is 3.71. The summed E-state index contributed by atoms with van der Waals surface area (Å²) in [7, 11) is -4.02. The van der Waals surface area contributed by atoms with E-state index in [0.717, 1.165) is 57.4 Å². The highest BCUT2D eigenvalue weighted by Gasteiger charge is 2.47. The highest BCUT2D eigenvalue weighted by molar-refractivity contribution is 7.85. The van der Waals surface area contributed by atoms with E-state index in [4.69, 9.17) is 9.29 Å². The fourth-order valence-corrected chi connectivity index (χ4v) is 7.20. The van der Waals surface area contributed by atoms with Crippen LogP contribution in [0.1, 0.15) is 61.6 Å². The van der Waals surface area contributed by atoms with Crippen molar-refractivity contribution < 1.29 is 22.1 Å². The molecule has 2 fully saturated rings. The molecule has 1 aliphatic carbocycles. The lowest BCUT2D eigenvalue weighted by atomic mass is 9.66. The van der Waals surface area contributed by atoms with E-state index >= 15 is 0 Å².